The van der Waals surface area contributed by atoms with Crippen molar-refractivity contribution in [3.63, 3.8) is 0 Å². The minimum atomic E-state index is -0.581. The molecule has 3 aromatic rings. The Kier molecular flexibility index (Phi) is 7.61. The highest BCUT2D eigenvalue weighted by Crippen LogP contribution is 2.59. The van der Waals surface area contributed by atoms with E-state index in [1.54, 1.807) is 14.2 Å². The van der Waals surface area contributed by atoms with Gasteiger partial charge in [-0.05, 0) is 53.4 Å². The van der Waals surface area contributed by atoms with E-state index in [0.717, 1.165) is 29.2 Å². The number of fused-ring (bicyclic) bond motifs is 2. The van der Waals surface area contributed by atoms with Crippen LogP contribution >= 0.6 is 0 Å². The number of aromatic amines is 1. The molecule has 1 saturated carbocycles. The van der Waals surface area contributed by atoms with Crippen LogP contribution < -0.4 is 14.8 Å². The van der Waals surface area contributed by atoms with Crippen molar-refractivity contribution in [2.24, 2.45) is 17.3 Å². The second-order valence-electron chi connectivity index (χ2n) is 11.1. The van der Waals surface area contributed by atoms with E-state index in [2.05, 4.69) is 60.7 Å². The summed E-state index contributed by atoms with van der Waals surface area (Å²) < 4.78 is 17.3. The zero-order valence-electron chi connectivity index (χ0n) is 22.4. The summed E-state index contributed by atoms with van der Waals surface area (Å²) in [6.07, 6.45) is 6.30. The number of aliphatic hydroxyl groups excluding tert-OH is 1. The molecule has 3 aliphatic carbocycles. The molecule has 3 aliphatic rings. The Morgan fingerprint density at radius 2 is 1.89 bits per heavy atom. The van der Waals surface area contributed by atoms with Gasteiger partial charge in [0.25, 0.3) is 0 Å². The Hall–Kier alpha value is -2.80. The third kappa shape index (κ3) is 5.02. The van der Waals surface area contributed by atoms with E-state index in [1.807, 2.05) is 18.2 Å². The van der Waals surface area contributed by atoms with Crippen molar-refractivity contribution < 1.29 is 19.3 Å². The van der Waals surface area contributed by atoms with Crippen molar-refractivity contribution in [2.45, 2.75) is 38.7 Å². The maximum absolute atomic E-state index is 10.7. The molecular weight excluding hydrogens is 464 g/mol. The number of rotatable bonds is 12. The average molecular weight is 505 g/mol. The van der Waals surface area contributed by atoms with E-state index in [1.165, 1.54) is 22.9 Å². The number of hydrogen-bond donors (Lipinski definition) is 3. The highest BCUT2D eigenvalue weighted by molar-refractivity contribution is 5.84. The Bertz CT molecular complexity index is 1250. The summed E-state index contributed by atoms with van der Waals surface area (Å²) >= 11 is 0. The number of nitrogens with one attached hydrogen (secondary N) is 2. The van der Waals surface area contributed by atoms with Crippen LogP contribution in [0.5, 0.6) is 11.5 Å². The highest BCUT2D eigenvalue weighted by atomic mass is 16.5. The first-order chi connectivity index (χ1) is 17.9. The lowest BCUT2D eigenvalue weighted by Gasteiger charge is -2.56. The van der Waals surface area contributed by atoms with Gasteiger partial charge in [-0.15, -0.1) is 0 Å². The van der Waals surface area contributed by atoms with Crippen molar-refractivity contribution in [1.82, 2.24) is 10.3 Å². The number of aliphatic hydroxyl groups is 1. The molecule has 6 rings (SSSR count). The highest BCUT2D eigenvalue weighted by Gasteiger charge is 2.50. The molecule has 0 unspecified atom stereocenters. The van der Waals surface area contributed by atoms with Crippen molar-refractivity contribution >= 4 is 10.9 Å². The third-order valence-electron chi connectivity index (χ3n) is 8.70. The quantitative estimate of drug-likeness (QED) is 0.293. The Morgan fingerprint density at radius 1 is 1.05 bits per heavy atom. The summed E-state index contributed by atoms with van der Waals surface area (Å²) in [5.74, 6) is 2.89. The summed E-state index contributed by atoms with van der Waals surface area (Å²) in [4.78, 5) is 3.40. The van der Waals surface area contributed by atoms with Gasteiger partial charge in [0, 0.05) is 41.7 Å². The second-order valence-corrected chi connectivity index (χ2v) is 11.1. The molecule has 0 radical (unpaired) electrons. The number of methoxy groups -OCH3 is 2. The van der Waals surface area contributed by atoms with Crippen LogP contribution in [-0.2, 0) is 4.74 Å². The van der Waals surface area contributed by atoms with Crippen LogP contribution in [0.3, 0.4) is 0 Å². The van der Waals surface area contributed by atoms with Gasteiger partial charge in [0.15, 0.2) is 11.5 Å². The van der Waals surface area contributed by atoms with Crippen LogP contribution in [0.1, 0.15) is 43.7 Å². The first kappa shape index (κ1) is 25.8. The predicted octanol–water partition coefficient (Wildman–Crippen LogP) is 5.28. The molecule has 1 heterocycles. The Morgan fingerprint density at radius 3 is 2.65 bits per heavy atom. The Labute approximate surface area is 220 Å². The van der Waals surface area contributed by atoms with E-state index in [9.17, 15) is 5.11 Å². The van der Waals surface area contributed by atoms with Gasteiger partial charge in [-0.1, -0.05) is 50.3 Å². The monoisotopic (exact) mass is 504 g/mol. The van der Waals surface area contributed by atoms with Gasteiger partial charge in [0.1, 0.15) is 0 Å². The lowest BCUT2D eigenvalue weighted by atomic mass is 9.49. The smallest absolute Gasteiger partial charge is 0.164 e. The molecule has 198 valence electrons. The number of allylic oxidation sites excluding steroid dienone is 1. The molecule has 4 atom stereocenters. The first-order valence-corrected chi connectivity index (χ1v) is 13.4. The predicted molar refractivity (Wildman–Crippen MR) is 147 cm³/mol. The number of benzene rings is 2. The number of para-hydroxylation sites is 2. The minimum Gasteiger partial charge on any atom is -0.493 e. The van der Waals surface area contributed by atoms with Crippen molar-refractivity contribution in [3.8, 4) is 11.5 Å². The lowest BCUT2D eigenvalue weighted by Crippen LogP contribution is -2.48. The van der Waals surface area contributed by atoms with Crippen LogP contribution in [0.4, 0.5) is 0 Å². The van der Waals surface area contributed by atoms with Gasteiger partial charge in [-0.3, -0.25) is 0 Å². The molecule has 37 heavy (non-hydrogen) atoms. The van der Waals surface area contributed by atoms with E-state index >= 15 is 0 Å². The molecule has 0 amide bonds. The molecule has 0 spiro atoms. The molecule has 0 aliphatic heterocycles. The van der Waals surface area contributed by atoms with Gasteiger partial charge in [-0.25, -0.2) is 0 Å². The zero-order valence-corrected chi connectivity index (χ0v) is 22.4. The summed E-state index contributed by atoms with van der Waals surface area (Å²) in [7, 11) is 3.33. The standard InChI is InChI=1S/C31H40N2O4/c1-31(2)21-13-12-20(27(31)14-21)18-37-19-22(34)15-32-16-25(24-9-7-11-29(35-3)30(24)36-4)26-17-33-28-10-6-5-8-23(26)28/h5-12,17,21-22,25,27,32-34H,13-16,18-19H2,1-4H3/t21-,22-,25+,27+/m0/s1. The largest absolute Gasteiger partial charge is 0.493 e. The molecule has 6 heteroatoms. The van der Waals surface area contributed by atoms with Crippen LogP contribution in [0, 0.1) is 17.3 Å². The summed E-state index contributed by atoms with van der Waals surface area (Å²) in [6.45, 7) is 6.77. The van der Waals surface area contributed by atoms with Gasteiger partial charge in [0.2, 0.25) is 0 Å². The van der Waals surface area contributed by atoms with Crippen molar-refractivity contribution in [2.75, 3.05) is 40.5 Å². The van der Waals surface area contributed by atoms with Gasteiger partial charge in [0.05, 0.1) is 33.5 Å². The van der Waals surface area contributed by atoms with Crippen LogP contribution in [0.15, 0.2) is 60.3 Å². The zero-order chi connectivity index (χ0) is 26.0. The maximum atomic E-state index is 10.7. The maximum Gasteiger partial charge on any atom is 0.164 e. The Balaban J connectivity index is 1.24. The van der Waals surface area contributed by atoms with Crippen LogP contribution in [-0.4, -0.2) is 56.7 Å². The van der Waals surface area contributed by atoms with E-state index in [0.29, 0.717) is 43.4 Å². The molecule has 2 aromatic carbocycles. The minimum absolute atomic E-state index is 0.00416. The lowest BCUT2D eigenvalue weighted by molar-refractivity contribution is -0.0235. The summed E-state index contributed by atoms with van der Waals surface area (Å²) in [6, 6.07) is 14.3. The van der Waals surface area contributed by atoms with Crippen LogP contribution in [0.2, 0.25) is 0 Å². The fraction of sp³-hybridized carbons (Fsp3) is 0.484. The molecule has 0 saturated heterocycles. The molecular formula is C31H40N2O4. The fourth-order valence-electron chi connectivity index (χ4n) is 6.36. The van der Waals surface area contributed by atoms with E-state index in [4.69, 9.17) is 14.2 Å². The number of H-pyrrole nitrogens is 1. The van der Waals surface area contributed by atoms with Crippen molar-refractivity contribution in [3.05, 3.63) is 71.4 Å². The molecule has 3 N–H and O–H groups in total. The third-order valence-corrected chi connectivity index (χ3v) is 8.70. The average Bonchev–Trinajstić information content (AvgIpc) is 3.34. The van der Waals surface area contributed by atoms with Crippen molar-refractivity contribution in [1.29, 1.82) is 0 Å². The van der Waals surface area contributed by atoms with E-state index in [-0.39, 0.29) is 5.92 Å². The summed E-state index contributed by atoms with van der Waals surface area (Å²) in [5, 5.41) is 15.3. The van der Waals surface area contributed by atoms with Gasteiger partial charge in [-0.2, -0.15) is 0 Å². The normalized spacial score (nSPS) is 21.7. The number of ether oxygens (including phenoxy) is 3. The molecule has 6 nitrogen and oxygen atoms in total. The van der Waals surface area contributed by atoms with Gasteiger partial charge >= 0.3 is 0 Å². The topological polar surface area (TPSA) is 75.7 Å². The molecule has 2 bridgehead atoms. The number of hydrogen-bond acceptors (Lipinski definition) is 5. The van der Waals surface area contributed by atoms with Crippen LogP contribution in [0.25, 0.3) is 10.9 Å². The molecule has 1 aromatic heterocycles. The summed E-state index contributed by atoms with van der Waals surface area (Å²) in [5.41, 5.74) is 5.11. The number of aromatic nitrogens is 1. The fourth-order valence-corrected chi connectivity index (χ4v) is 6.36. The second kappa shape index (κ2) is 10.9. The molecule has 1 fully saturated rings. The van der Waals surface area contributed by atoms with E-state index < -0.39 is 6.10 Å². The SMILES string of the molecule is COc1cccc([C@@H](CNC[C@H](O)COCC2=CC[C@H]3C[C@H]2C3(C)C)c2c[nH]c3ccccc23)c1OC. The first-order valence-electron chi connectivity index (χ1n) is 13.4. The van der Waals surface area contributed by atoms with Gasteiger partial charge < -0.3 is 29.6 Å².